The molecule has 0 unspecified atom stereocenters. The first kappa shape index (κ1) is 9.00. The second-order valence-corrected chi connectivity index (χ2v) is 4.33. The van der Waals surface area contributed by atoms with E-state index < -0.39 is 0 Å². The number of hydrogen-bond acceptors (Lipinski definition) is 3. The summed E-state index contributed by atoms with van der Waals surface area (Å²) < 4.78 is 10.3. The Morgan fingerprint density at radius 1 is 1.38 bits per heavy atom. The molecule has 0 bridgehead atoms. The zero-order valence-electron chi connectivity index (χ0n) is 8.04. The lowest BCUT2D eigenvalue weighted by atomic mass is 9.89. The van der Waals surface area contributed by atoms with Gasteiger partial charge in [-0.05, 0) is 19.8 Å². The lowest BCUT2D eigenvalue weighted by Crippen LogP contribution is -2.41. The fraction of sp³-hybridized carbons (Fsp3) is 0.900. The average molecular weight is 184 g/mol. The molecule has 3 nitrogen and oxygen atoms in total. The van der Waals surface area contributed by atoms with E-state index in [-0.39, 0.29) is 17.5 Å². The summed E-state index contributed by atoms with van der Waals surface area (Å²) in [5.41, 5.74) is -0.199. The van der Waals surface area contributed by atoms with Crippen molar-refractivity contribution in [3.8, 4) is 0 Å². The van der Waals surface area contributed by atoms with Crippen molar-refractivity contribution < 1.29 is 14.3 Å². The molecule has 74 valence electrons. The summed E-state index contributed by atoms with van der Waals surface area (Å²) in [6.45, 7) is 3.19. The number of ether oxygens (including phenoxy) is 2. The first-order chi connectivity index (χ1) is 6.21. The Morgan fingerprint density at radius 2 is 2.00 bits per heavy atom. The molecule has 1 aliphatic carbocycles. The van der Waals surface area contributed by atoms with Gasteiger partial charge in [0.05, 0.1) is 18.6 Å². The lowest BCUT2D eigenvalue weighted by Gasteiger charge is -2.30. The van der Waals surface area contributed by atoms with Crippen molar-refractivity contribution in [2.24, 2.45) is 5.41 Å². The molecule has 3 heteroatoms. The minimum Gasteiger partial charge on any atom is -0.457 e. The average Bonchev–Trinajstić information content (AvgIpc) is 2.45. The molecule has 0 amide bonds. The van der Waals surface area contributed by atoms with Crippen LogP contribution in [0.4, 0.5) is 0 Å². The maximum Gasteiger partial charge on any atom is 0.312 e. The quantitative estimate of drug-likeness (QED) is 0.610. The van der Waals surface area contributed by atoms with Gasteiger partial charge in [0.1, 0.15) is 6.10 Å². The molecular weight excluding hydrogens is 168 g/mol. The van der Waals surface area contributed by atoms with E-state index in [9.17, 15) is 4.79 Å². The van der Waals surface area contributed by atoms with Crippen molar-refractivity contribution in [3.05, 3.63) is 0 Å². The number of carbonyl (C=O) groups excluding carboxylic acids is 1. The summed E-state index contributed by atoms with van der Waals surface area (Å²) in [5, 5.41) is 0. The van der Waals surface area contributed by atoms with Crippen molar-refractivity contribution >= 4 is 5.97 Å². The van der Waals surface area contributed by atoms with Gasteiger partial charge < -0.3 is 9.47 Å². The van der Waals surface area contributed by atoms with Gasteiger partial charge in [-0.25, -0.2) is 0 Å². The van der Waals surface area contributed by atoms with Gasteiger partial charge >= 0.3 is 5.97 Å². The molecule has 2 rings (SSSR count). The van der Waals surface area contributed by atoms with Gasteiger partial charge in [-0.3, -0.25) is 4.79 Å². The molecule has 0 aromatic rings. The fourth-order valence-electron chi connectivity index (χ4n) is 1.94. The molecule has 1 aliphatic heterocycles. The normalized spacial score (nSPS) is 26.8. The molecule has 1 heterocycles. The zero-order chi connectivity index (χ0) is 9.31. The first-order valence-electron chi connectivity index (χ1n) is 4.99. The van der Waals surface area contributed by atoms with E-state index in [1.54, 1.807) is 0 Å². The van der Waals surface area contributed by atoms with Crippen LogP contribution in [0.15, 0.2) is 0 Å². The van der Waals surface area contributed by atoms with Gasteiger partial charge in [0.2, 0.25) is 0 Å². The summed E-state index contributed by atoms with van der Waals surface area (Å²) in [4.78, 5) is 11.7. The Labute approximate surface area is 78.4 Å². The molecule has 1 saturated carbocycles. The van der Waals surface area contributed by atoms with Crippen LogP contribution >= 0.6 is 0 Å². The third kappa shape index (κ3) is 1.70. The first-order valence-corrected chi connectivity index (χ1v) is 4.99. The molecular formula is C10H16O3. The highest BCUT2D eigenvalue weighted by atomic mass is 16.6. The van der Waals surface area contributed by atoms with Crippen LogP contribution in [0, 0.1) is 5.41 Å². The molecule has 1 saturated heterocycles. The van der Waals surface area contributed by atoms with Crippen LogP contribution in [0.2, 0.25) is 0 Å². The summed E-state index contributed by atoms with van der Waals surface area (Å²) in [6.07, 6.45) is 4.32. The molecule has 2 aliphatic rings. The number of carbonyl (C=O) groups is 1. The SMILES string of the molecule is CC1(C(=O)OC2COC2)CCCC1. The molecule has 0 spiro atoms. The number of hydrogen-bond donors (Lipinski definition) is 0. The van der Waals surface area contributed by atoms with Crippen molar-refractivity contribution in [2.45, 2.75) is 38.7 Å². The standard InChI is InChI=1S/C10H16O3/c1-10(4-2-3-5-10)9(11)13-8-6-12-7-8/h8H,2-7H2,1H3. The zero-order valence-corrected chi connectivity index (χ0v) is 8.04. The Bertz CT molecular complexity index is 202. The van der Waals surface area contributed by atoms with Crippen molar-refractivity contribution in [2.75, 3.05) is 13.2 Å². The minimum absolute atomic E-state index is 0.0155. The van der Waals surface area contributed by atoms with Crippen LogP contribution in [0.5, 0.6) is 0 Å². The monoisotopic (exact) mass is 184 g/mol. The molecule has 2 fully saturated rings. The summed E-state index contributed by atoms with van der Waals surface area (Å²) in [5.74, 6) is -0.0155. The highest BCUT2D eigenvalue weighted by molar-refractivity contribution is 5.76. The number of rotatable bonds is 2. The van der Waals surface area contributed by atoms with Crippen LogP contribution in [0.25, 0.3) is 0 Å². The van der Waals surface area contributed by atoms with Crippen LogP contribution in [-0.4, -0.2) is 25.3 Å². The molecule has 0 aromatic carbocycles. The fourth-order valence-corrected chi connectivity index (χ4v) is 1.94. The predicted octanol–water partition coefficient (Wildman–Crippen LogP) is 1.51. The molecule has 13 heavy (non-hydrogen) atoms. The summed E-state index contributed by atoms with van der Waals surface area (Å²) >= 11 is 0. The maximum absolute atomic E-state index is 11.7. The smallest absolute Gasteiger partial charge is 0.312 e. The van der Waals surface area contributed by atoms with Gasteiger partial charge in [-0.15, -0.1) is 0 Å². The van der Waals surface area contributed by atoms with Crippen molar-refractivity contribution in [1.82, 2.24) is 0 Å². The van der Waals surface area contributed by atoms with E-state index in [0.717, 1.165) is 25.7 Å². The van der Waals surface area contributed by atoms with Gasteiger partial charge in [-0.1, -0.05) is 12.8 Å². The predicted molar refractivity (Wildman–Crippen MR) is 47.3 cm³/mol. The highest BCUT2D eigenvalue weighted by Gasteiger charge is 2.39. The molecule has 0 atom stereocenters. The Morgan fingerprint density at radius 3 is 2.46 bits per heavy atom. The second-order valence-electron chi connectivity index (χ2n) is 4.33. The van der Waals surface area contributed by atoms with E-state index in [2.05, 4.69) is 0 Å². The lowest BCUT2D eigenvalue weighted by molar-refractivity contribution is -0.182. The van der Waals surface area contributed by atoms with E-state index in [0.29, 0.717) is 13.2 Å². The Balaban J connectivity index is 1.87. The van der Waals surface area contributed by atoms with Crippen LogP contribution in [0.3, 0.4) is 0 Å². The summed E-state index contributed by atoms with van der Waals surface area (Å²) in [7, 11) is 0. The minimum atomic E-state index is -0.199. The topological polar surface area (TPSA) is 35.5 Å². The van der Waals surface area contributed by atoms with E-state index >= 15 is 0 Å². The van der Waals surface area contributed by atoms with Crippen LogP contribution in [0.1, 0.15) is 32.6 Å². The van der Waals surface area contributed by atoms with Gasteiger partial charge in [0.25, 0.3) is 0 Å². The van der Waals surface area contributed by atoms with Crippen molar-refractivity contribution in [1.29, 1.82) is 0 Å². The van der Waals surface area contributed by atoms with Gasteiger partial charge in [0.15, 0.2) is 0 Å². The van der Waals surface area contributed by atoms with Gasteiger partial charge in [0, 0.05) is 0 Å². The Hall–Kier alpha value is -0.570. The maximum atomic E-state index is 11.7. The van der Waals surface area contributed by atoms with Crippen LogP contribution < -0.4 is 0 Å². The number of esters is 1. The highest BCUT2D eigenvalue weighted by Crippen LogP contribution is 2.39. The van der Waals surface area contributed by atoms with E-state index in [4.69, 9.17) is 9.47 Å². The second kappa shape index (κ2) is 3.29. The molecule has 0 radical (unpaired) electrons. The van der Waals surface area contributed by atoms with E-state index in [1.165, 1.54) is 0 Å². The Kier molecular flexibility index (Phi) is 2.28. The van der Waals surface area contributed by atoms with Crippen LogP contribution in [-0.2, 0) is 14.3 Å². The molecule has 0 N–H and O–H groups in total. The van der Waals surface area contributed by atoms with Gasteiger partial charge in [-0.2, -0.15) is 0 Å². The largest absolute Gasteiger partial charge is 0.457 e. The van der Waals surface area contributed by atoms with E-state index in [1.807, 2.05) is 6.92 Å². The third-order valence-corrected chi connectivity index (χ3v) is 3.08. The van der Waals surface area contributed by atoms with Crippen molar-refractivity contribution in [3.63, 3.8) is 0 Å². The summed E-state index contributed by atoms with van der Waals surface area (Å²) in [6, 6.07) is 0. The molecule has 0 aromatic heterocycles. The third-order valence-electron chi connectivity index (χ3n) is 3.08.